The van der Waals surface area contributed by atoms with Gasteiger partial charge in [-0.05, 0) is 23.9 Å². The van der Waals surface area contributed by atoms with E-state index in [-0.39, 0.29) is 17.9 Å². The number of rotatable bonds is 6. The van der Waals surface area contributed by atoms with Crippen LogP contribution in [-0.2, 0) is 0 Å². The maximum Gasteiger partial charge on any atom is 0.241 e. The molecule has 0 saturated carbocycles. The largest absolute Gasteiger partial charge is 0.394 e. The van der Waals surface area contributed by atoms with Crippen LogP contribution < -0.4 is 5.32 Å². The summed E-state index contributed by atoms with van der Waals surface area (Å²) in [5.74, 6) is 1.17. The van der Waals surface area contributed by atoms with E-state index in [0.29, 0.717) is 17.8 Å². The van der Waals surface area contributed by atoms with Gasteiger partial charge in [0.15, 0.2) is 0 Å². The molecule has 0 saturated heterocycles. The molecule has 2 aromatic rings. The van der Waals surface area contributed by atoms with Gasteiger partial charge in [-0.25, -0.2) is 4.98 Å². The summed E-state index contributed by atoms with van der Waals surface area (Å²) in [7, 11) is 0. The average molecular weight is 297 g/mol. The lowest BCUT2D eigenvalue weighted by Gasteiger charge is -2.18. The van der Waals surface area contributed by atoms with E-state index in [1.165, 1.54) is 0 Å². The highest BCUT2D eigenvalue weighted by atomic mass is 35.5. The fourth-order valence-electron chi connectivity index (χ4n) is 1.83. The normalized spacial score (nSPS) is 12.7. The summed E-state index contributed by atoms with van der Waals surface area (Å²) >= 11 is 5.90. The van der Waals surface area contributed by atoms with Crippen LogP contribution in [0.1, 0.15) is 20.3 Å². The summed E-state index contributed by atoms with van der Waals surface area (Å²) in [5, 5.41) is 12.5. The van der Waals surface area contributed by atoms with Gasteiger partial charge in [0, 0.05) is 12.4 Å². The molecule has 2 rings (SSSR count). The number of hydrogen-bond acceptors (Lipinski definition) is 6. The minimum absolute atomic E-state index is 0.00188. The number of aromatic nitrogens is 5. The summed E-state index contributed by atoms with van der Waals surface area (Å²) < 4.78 is 1.63. The number of imidazole rings is 1. The van der Waals surface area contributed by atoms with Crippen molar-refractivity contribution in [3.05, 3.63) is 24.0 Å². The molecule has 0 fully saturated rings. The molecule has 0 aliphatic carbocycles. The lowest BCUT2D eigenvalue weighted by molar-refractivity contribution is 0.259. The van der Waals surface area contributed by atoms with Gasteiger partial charge in [0.05, 0.1) is 12.6 Å². The van der Waals surface area contributed by atoms with Crippen LogP contribution >= 0.6 is 11.6 Å². The maximum atomic E-state index is 9.38. The van der Waals surface area contributed by atoms with Gasteiger partial charge < -0.3 is 10.4 Å². The molecule has 0 spiro atoms. The Morgan fingerprint density at radius 3 is 2.75 bits per heavy atom. The van der Waals surface area contributed by atoms with Crippen molar-refractivity contribution >= 4 is 17.5 Å². The van der Waals surface area contributed by atoms with Crippen molar-refractivity contribution in [2.75, 3.05) is 11.9 Å². The van der Waals surface area contributed by atoms with E-state index in [2.05, 4.69) is 39.1 Å². The highest BCUT2D eigenvalue weighted by Gasteiger charge is 2.13. The zero-order valence-electron chi connectivity index (χ0n) is 11.4. The minimum atomic E-state index is -0.121. The predicted octanol–water partition coefficient (Wildman–Crippen LogP) is 1.53. The van der Waals surface area contributed by atoms with Crippen molar-refractivity contribution in [2.24, 2.45) is 5.92 Å². The first kappa shape index (κ1) is 14.7. The zero-order chi connectivity index (χ0) is 14.5. The molecule has 108 valence electrons. The number of anilines is 1. The van der Waals surface area contributed by atoms with E-state index in [9.17, 15) is 5.11 Å². The molecule has 0 aliphatic heterocycles. The number of hydrogen-bond donors (Lipinski definition) is 2. The van der Waals surface area contributed by atoms with Crippen LogP contribution in [0.25, 0.3) is 5.95 Å². The van der Waals surface area contributed by atoms with Crippen LogP contribution in [0.15, 0.2) is 18.7 Å². The van der Waals surface area contributed by atoms with Crippen molar-refractivity contribution < 1.29 is 5.11 Å². The maximum absolute atomic E-state index is 9.38. The third kappa shape index (κ3) is 3.88. The molecule has 0 radical (unpaired) electrons. The first-order valence-corrected chi connectivity index (χ1v) is 6.73. The number of aliphatic hydroxyl groups is 1. The van der Waals surface area contributed by atoms with Gasteiger partial charge in [0.25, 0.3) is 0 Å². The van der Waals surface area contributed by atoms with Crippen LogP contribution in [0.2, 0.25) is 5.28 Å². The first-order chi connectivity index (χ1) is 9.58. The Balaban J connectivity index is 2.19. The molecule has 2 N–H and O–H groups in total. The summed E-state index contributed by atoms with van der Waals surface area (Å²) in [6, 6.07) is -0.121. The van der Waals surface area contributed by atoms with Crippen molar-refractivity contribution in [3.63, 3.8) is 0 Å². The van der Waals surface area contributed by atoms with Gasteiger partial charge in [0.2, 0.25) is 17.2 Å². The van der Waals surface area contributed by atoms with Crippen molar-refractivity contribution in [3.8, 4) is 5.95 Å². The predicted molar refractivity (Wildman–Crippen MR) is 75.9 cm³/mol. The van der Waals surface area contributed by atoms with Crippen molar-refractivity contribution in [1.29, 1.82) is 0 Å². The topological polar surface area (TPSA) is 88.8 Å². The molecule has 1 unspecified atom stereocenters. The Labute approximate surface area is 122 Å². The van der Waals surface area contributed by atoms with Gasteiger partial charge in [-0.2, -0.15) is 15.0 Å². The summed E-state index contributed by atoms with van der Waals surface area (Å²) in [5.41, 5.74) is 0. The van der Waals surface area contributed by atoms with Crippen LogP contribution in [0.4, 0.5) is 5.95 Å². The third-order valence-corrected chi connectivity index (χ3v) is 2.81. The molecule has 0 aromatic carbocycles. The summed E-state index contributed by atoms with van der Waals surface area (Å²) in [4.78, 5) is 16.3. The quantitative estimate of drug-likeness (QED) is 0.840. The summed E-state index contributed by atoms with van der Waals surface area (Å²) in [6.45, 7) is 4.17. The molecule has 1 atom stereocenters. The van der Waals surface area contributed by atoms with E-state index < -0.39 is 0 Å². The summed E-state index contributed by atoms with van der Waals surface area (Å²) in [6.07, 6.45) is 5.72. The van der Waals surface area contributed by atoms with Crippen molar-refractivity contribution in [2.45, 2.75) is 26.3 Å². The second kappa shape index (κ2) is 6.62. The van der Waals surface area contributed by atoms with E-state index in [1.54, 1.807) is 23.3 Å². The Morgan fingerprint density at radius 2 is 2.15 bits per heavy atom. The lowest BCUT2D eigenvalue weighted by atomic mass is 10.0. The Bertz CT molecular complexity index is 545. The Hall–Kier alpha value is -1.73. The van der Waals surface area contributed by atoms with E-state index in [4.69, 9.17) is 11.6 Å². The van der Waals surface area contributed by atoms with E-state index >= 15 is 0 Å². The van der Waals surface area contributed by atoms with E-state index in [1.807, 2.05) is 0 Å². The second-order valence-corrected chi connectivity index (χ2v) is 5.19. The fourth-order valence-corrected chi connectivity index (χ4v) is 1.98. The molecule has 7 nitrogen and oxygen atoms in total. The minimum Gasteiger partial charge on any atom is -0.394 e. The van der Waals surface area contributed by atoms with Gasteiger partial charge in [-0.15, -0.1) is 0 Å². The van der Waals surface area contributed by atoms with E-state index in [0.717, 1.165) is 6.42 Å². The molecule has 0 amide bonds. The lowest BCUT2D eigenvalue weighted by Crippen LogP contribution is -2.27. The van der Waals surface area contributed by atoms with Crippen LogP contribution in [0.5, 0.6) is 0 Å². The van der Waals surface area contributed by atoms with Gasteiger partial charge in [-0.1, -0.05) is 13.8 Å². The van der Waals surface area contributed by atoms with Crippen molar-refractivity contribution in [1.82, 2.24) is 24.5 Å². The van der Waals surface area contributed by atoms with Gasteiger partial charge in [-0.3, -0.25) is 4.57 Å². The SMILES string of the molecule is CC(C)CC(CO)Nc1nc(Cl)nc(-n2ccnc2)n1. The molecule has 2 heterocycles. The molecular weight excluding hydrogens is 280 g/mol. The van der Waals surface area contributed by atoms with Crippen LogP contribution in [-0.4, -0.2) is 42.3 Å². The molecule has 0 aliphatic rings. The molecular formula is C12H17ClN6O. The van der Waals surface area contributed by atoms with Crippen LogP contribution in [0, 0.1) is 5.92 Å². The highest BCUT2D eigenvalue weighted by Crippen LogP contribution is 2.13. The molecule has 0 bridgehead atoms. The van der Waals surface area contributed by atoms with Crippen LogP contribution in [0.3, 0.4) is 0 Å². The average Bonchev–Trinajstić information content (AvgIpc) is 2.90. The second-order valence-electron chi connectivity index (χ2n) is 4.85. The number of nitrogens with zero attached hydrogens (tertiary/aromatic N) is 5. The zero-order valence-corrected chi connectivity index (χ0v) is 12.1. The molecule has 20 heavy (non-hydrogen) atoms. The fraction of sp³-hybridized carbons (Fsp3) is 0.500. The number of aliphatic hydroxyl groups excluding tert-OH is 1. The van der Waals surface area contributed by atoms with Gasteiger partial charge in [0.1, 0.15) is 6.33 Å². The first-order valence-electron chi connectivity index (χ1n) is 6.35. The molecule has 8 heteroatoms. The Morgan fingerprint density at radius 1 is 1.35 bits per heavy atom. The number of halogens is 1. The van der Waals surface area contributed by atoms with Gasteiger partial charge >= 0.3 is 0 Å². The Kier molecular flexibility index (Phi) is 4.86. The molecule has 2 aromatic heterocycles. The smallest absolute Gasteiger partial charge is 0.241 e. The number of nitrogens with one attached hydrogen (secondary N) is 1. The monoisotopic (exact) mass is 296 g/mol. The standard InChI is InChI=1S/C12H17ClN6O/c1-8(2)5-9(6-20)15-11-16-10(13)17-12(18-11)19-4-3-14-7-19/h3-4,7-9,20H,5-6H2,1-2H3,(H,15,16,17,18). The highest BCUT2D eigenvalue weighted by molar-refractivity contribution is 6.28. The third-order valence-electron chi connectivity index (χ3n) is 2.64.